The number of hydrogen-bond acceptors (Lipinski definition) is 6. The van der Waals surface area contributed by atoms with Crippen molar-refractivity contribution in [2.75, 3.05) is 19.7 Å². The predicted molar refractivity (Wildman–Crippen MR) is 164 cm³/mol. The third kappa shape index (κ3) is 5.20. The summed E-state index contributed by atoms with van der Waals surface area (Å²) in [5, 5.41) is 10.6. The topological polar surface area (TPSA) is 111 Å². The number of carboxylic acids is 1. The number of carbonyl (C=O) groups excluding carboxylic acids is 2. The summed E-state index contributed by atoms with van der Waals surface area (Å²) in [6.07, 6.45) is 8.58. The molecule has 2 aromatic carbocycles. The van der Waals surface area contributed by atoms with Crippen LogP contribution in [0.5, 0.6) is 5.75 Å². The molecular formula is C35H35N3O6. The van der Waals surface area contributed by atoms with E-state index in [2.05, 4.69) is 4.98 Å². The van der Waals surface area contributed by atoms with Gasteiger partial charge in [-0.1, -0.05) is 25.0 Å². The fourth-order valence-electron chi connectivity index (χ4n) is 6.49. The second-order valence-corrected chi connectivity index (χ2v) is 12.5. The summed E-state index contributed by atoms with van der Waals surface area (Å²) in [6.45, 7) is 5.34. The SMILES string of the molecule is Cc1ncc(-c2ccc3c(c2)C(=O)CC2(CCN(C(=O)c4ccc5c(C)cn(OCCC6CC6)c5c4)CC2)O3)cc1C(=O)O. The zero-order valence-electron chi connectivity index (χ0n) is 25.0. The van der Waals surface area contributed by atoms with Crippen LogP contribution in [0.4, 0.5) is 0 Å². The van der Waals surface area contributed by atoms with E-state index >= 15 is 0 Å². The Labute approximate surface area is 255 Å². The van der Waals surface area contributed by atoms with Gasteiger partial charge in [0.2, 0.25) is 0 Å². The summed E-state index contributed by atoms with van der Waals surface area (Å²) >= 11 is 0. The standard InChI is InChI=1S/C35H35N3O6/c1-21-20-38(43-14-9-23-3-4-23)30-17-25(5-7-27(21)30)33(40)37-12-10-35(11-13-37)18-31(39)29-15-24(6-8-32(29)44-35)26-16-28(34(41)42)22(2)36-19-26/h5-8,15-17,19-20,23H,3-4,9-14,18H2,1-2H3,(H,41,42). The minimum atomic E-state index is -1.04. The zero-order chi connectivity index (χ0) is 30.6. The van der Waals surface area contributed by atoms with Crippen molar-refractivity contribution in [3.05, 3.63) is 82.8 Å². The van der Waals surface area contributed by atoms with Gasteiger partial charge in [-0.25, -0.2) is 4.79 Å². The number of hydrogen-bond donors (Lipinski definition) is 1. The molecule has 0 unspecified atom stereocenters. The van der Waals surface area contributed by atoms with E-state index in [1.54, 1.807) is 36.1 Å². The second-order valence-electron chi connectivity index (χ2n) is 12.5. The van der Waals surface area contributed by atoms with Crippen molar-refractivity contribution >= 4 is 28.6 Å². The number of piperidine rings is 1. The first-order chi connectivity index (χ1) is 21.2. The highest BCUT2D eigenvalue weighted by Crippen LogP contribution is 2.41. The molecule has 4 heterocycles. The lowest BCUT2D eigenvalue weighted by atomic mass is 9.82. The lowest BCUT2D eigenvalue weighted by Crippen LogP contribution is -2.52. The van der Waals surface area contributed by atoms with E-state index in [1.165, 1.54) is 12.8 Å². The van der Waals surface area contributed by atoms with E-state index < -0.39 is 11.6 Å². The summed E-state index contributed by atoms with van der Waals surface area (Å²) < 4.78 is 8.29. The number of likely N-dealkylation sites (tertiary alicyclic amines) is 1. The van der Waals surface area contributed by atoms with Crippen LogP contribution in [-0.4, -0.2) is 62.7 Å². The number of aromatic carboxylic acids is 1. The van der Waals surface area contributed by atoms with Crippen molar-refractivity contribution < 1.29 is 29.1 Å². The Balaban J connectivity index is 1.04. The normalized spacial score (nSPS) is 17.4. The van der Waals surface area contributed by atoms with Crippen molar-refractivity contribution in [2.24, 2.45) is 5.92 Å². The predicted octanol–water partition coefficient (Wildman–Crippen LogP) is 5.89. The van der Waals surface area contributed by atoms with Gasteiger partial charge >= 0.3 is 5.97 Å². The van der Waals surface area contributed by atoms with Crippen LogP contribution in [0.25, 0.3) is 22.0 Å². The largest absolute Gasteiger partial charge is 0.486 e. The summed E-state index contributed by atoms with van der Waals surface area (Å²) in [5.41, 5.74) is 4.35. The number of carboxylic acid groups (broad SMARTS) is 1. The Morgan fingerprint density at radius 2 is 1.86 bits per heavy atom. The van der Waals surface area contributed by atoms with Gasteiger partial charge in [-0.2, -0.15) is 4.73 Å². The number of Topliss-reactive ketones (excluding diaryl/α,β-unsaturated/α-hetero) is 1. The quantitative estimate of drug-likeness (QED) is 0.285. The monoisotopic (exact) mass is 593 g/mol. The zero-order valence-corrected chi connectivity index (χ0v) is 25.0. The van der Waals surface area contributed by atoms with E-state index in [9.17, 15) is 19.5 Å². The molecule has 1 spiro atoms. The maximum atomic E-state index is 13.6. The van der Waals surface area contributed by atoms with Gasteiger partial charge in [0.15, 0.2) is 5.78 Å². The highest BCUT2D eigenvalue weighted by atomic mass is 16.7. The molecule has 44 heavy (non-hydrogen) atoms. The van der Waals surface area contributed by atoms with Gasteiger partial charge in [-0.05, 0) is 67.6 Å². The second kappa shape index (κ2) is 10.8. The molecule has 0 radical (unpaired) electrons. The number of aryl methyl sites for hydroxylation is 2. The summed E-state index contributed by atoms with van der Waals surface area (Å²) in [5.74, 6) is 0.211. The molecule has 4 aromatic rings. The molecule has 9 nitrogen and oxygen atoms in total. The van der Waals surface area contributed by atoms with Gasteiger partial charge in [-0.15, -0.1) is 0 Å². The van der Waals surface area contributed by atoms with Gasteiger partial charge < -0.3 is 19.6 Å². The first kappa shape index (κ1) is 28.1. The number of aromatic nitrogens is 2. The number of ether oxygens (including phenoxy) is 1. The van der Waals surface area contributed by atoms with Crippen molar-refractivity contribution in [2.45, 2.75) is 58.0 Å². The number of fused-ring (bicyclic) bond motifs is 2. The van der Waals surface area contributed by atoms with Gasteiger partial charge in [0, 0.05) is 54.8 Å². The average Bonchev–Trinajstić information content (AvgIpc) is 3.79. The van der Waals surface area contributed by atoms with Crippen LogP contribution in [0, 0.1) is 19.8 Å². The number of nitrogens with zero attached hydrogens (tertiary/aromatic N) is 3. The molecule has 1 saturated heterocycles. The Hall–Kier alpha value is -4.66. The fourth-order valence-corrected chi connectivity index (χ4v) is 6.49. The lowest BCUT2D eigenvalue weighted by molar-refractivity contribution is -0.00571. The Morgan fingerprint density at radius 3 is 2.61 bits per heavy atom. The molecule has 1 N–H and O–H groups in total. The molecule has 1 aliphatic carbocycles. The molecule has 9 heteroatoms. The van der Waals surface area contributed by atoms with Crippen LogP contribution in [0.2, 0.25) is 0 Å². The lowest BCUT2D eigenvalue weighted by Gasteiger charge is -2.44. The Morgan fingerprint density at radius 1 is 1.07 bits per heavy atom. The molecule has 1 saturated carbocycles. The first-order valence-corrected chi connectivity index (χ1v) is 15.3. The van der Waals surface area contributed by atoms with E-state index in [1.807, 2.05) is 42.3 Å². The smallest absolute Gasteiger partial charge is 0.337 e. The third-order valence-electron chi connectivity index (χ3n) is 9.37. The van der Waals surface area contributed by atoms with Crippen LogP contribution < -0.4 is 9.57 Å². The van der Waals surface area contributed by atoms with Gasteiger partial charge in [0.05, 0.1) is 28.8 Å². The maximum Gasteiger partial charge on any atom is 0.337 e. The number of rotatable bonds is 7. The number of carbonyl (C=O) groups is 3. The Kier molecular flexibility index (Phi) is 6.91. The molecule has 0 bridgehead atoms. The maximum absolute atomic E-state index is 13.6. The van der Waals surface area contributed by atoms with Crippen molar-refractivity contribution in [1.29, 1.82) is 0 Å². The highest BCUT2D eigenvalue weighted by molar-refractivity contribution is 6.02. The number of amides is 1. The van der Waals surface area contributed by atoms with Crippen LogP contribution in [0.3, 0.4) is 0 Å². The average molecular weight is 594 g/mol. The molecule has 0 atom stereocenters. The fraction of sp³-hybridized carbons (Fsp3) is 0.371. The first-order valence-electron chi connectivity index (χ1n) is 15.3. The molecule has 1 amide bonds. The molecule has 2 aliphatic heterocycles. The van der Waals surface area contributed by atoms with Crippen molar-refractivity contribution in [1.82, 2.24) is 14.6 Å². The minimum Gasteiger partial charge on any atom is -0.486 e. The van der Waals surface area contributed by atoms with Crippen LogP contribution in [0.15, 0.2) is 54.9 Å². The molecular weight excluding hydrogens is 558 g/mol. The number of benzene rings is 2. The van der Waals surface area contributed by atoms with E-state index in [0.717, 1.165) is 28.8 Å². The number of pyridine rings is 1. The molecule has 226 valence electrons. The van der Waals surface area contributed by atoms with E-state index in [4.69, 9.17) is 9.57 Å². The van der Waals surface area contributed by atoms with Crippen molar-refractivity contribution in [3.8, 4) is 16.9 Å². The Bertz CT molecular complexity index is 1810. The van der Waals surface area contributed by atoms with Gasteiger partial charge in [-0.3, -0.25) is 14.6 Å². The number of ketones is 1. The molecule has 2 aromatic heterocycles. The van der Waals surface area contributed by atoms with Gasteiger partial charge in [0.1, 0.15) is 18.0 Å². The third-order valence-corrected chi connectivity index (χ3v) is 9.37. The molecule has 2 fully saturated rings. The van der Waals surface area contributed by atoms with Gasteiger partial charge in [0.25, 0.3) is 5.91 Å². The summed E-state index contributed by atoms with van der Waals surface area (Å²) in [6, 6.07) is 12.7. The van der Waals surface area contributed by atoms with Crippen LogP contribution >= 0.6 is 0 Å². The van der Waals surface area contributed by atoms with Crippen molar-refractivity contribution in [3.63, 3.8) is 0 Å². The molecule has 3 aliphatic rings. The van der Waals surface area contributed by atoms with E-state index in [0.29, 0.717) is 66.2 Å². The highest BCUT2D eigenvalue weighted by Gasteiger charge is 2.44. The minimum absolute atomic E-state index is 0.0188. The summed E-state index contributed by atoms with van der Waals surface area (Å²) in [4.78, 5) is 50.7. The van der Waals surface area contributed by atoms with Crippen LogP contribution in [0.1, 0.15) is 80.9 Å². The molecule has 7 rings (SSSR count). The summed E-state index contributed by atoms with van der Waals surface area (Å²) in [7, 11) is 0. The van der Waals surface area contributed by atoms with E-state index in [-0.39, 0.29) is 23.7 Å². The van der Waals surface area contributed by atoms with Crippen LogP contribution in [-0.2, 0) is 0 Å².